The minimum Gasteiger partial charge on any atom is -0.263 e. The van der Waals surface area contributed by atoms with Gasteiger partial charge in [0.25, 0.3) is 0 Å². The number of aromatic nitrogens is 1. The Morgan fingerprint density at radius 3 is 2.88 bits per heavy atom. The number of nitrogens with zero attached hydrogens (tertiary/aromatic N) is 1. The highest BCUT2D eigenvalue weighted by molar-refractivity contribution is 6.31. The molecule has 0 saturated heterocycles. The van der Waals surface area contributed by atoms with Crippen LogP contribution in [0.5, 0.6) is 0 Å². The molecule has 17 heavy (non-hydrogen) atoms. The smallest absolute Gasteiger partial charge is 0.0621 e. The van der Waals surface area contributed by atoms with Crippen LogP contribution in [-0.4, -0.2) is 10.9 Å². The molecule has 3 atom stereocenters. The van der Waals surface area contributed by atoms with E-state index in [0.29, 0.717) is 5.41 Å². The lowest BCUT2D eigenvalue weighted by Gasteiger charge is -2.36. The largest absolute Gasteiger partial charge is 0.263 e. The van der Waals surface area contributed by atoms with Crippen molar-refractivity contribution >= 4 is 23.2 Å². The van der Waals surface area contributed by atoms with Crippen LogP contribution in [0.15, 0.2) is 18.5 Å². The number of rotatable bonds is 3. The molecule has 2 aliphatic carbocycles. The highest BCUT2D eigenvalue weighted by Crippen LogP contribution is 2.58. The van der Waals surface area contributed by atoms with Crippen LogP contribution in [0.25, 0.3) is 0 Å². The van der Waals surface area contributed by atoms with Crippen molar-refractivity contribution in [2.24, 2.45) is 17.3 Å². The van der Waals surface area contributed by atoms with E-state index in [1.807, 2.05) is 12.3 Å². The monoisotopic (exact) mass is 269 g/mol. The second-order valence-corrected chi connectivity index (χ2v) is 6.39. The topological polar surface area (TPSA) is 12.9 Å². The van der Waals surface area contributed by atoms with E-state index in [-0.39, 0.29) is 0 Å². The first-order valence-electron chi connectivity index (χ1n) is 6.38. The summed E-state index contributed by atoms with van der Waals surface area (Å²) in [7, 11) is 0. The van der Waals surface area contributed by atoms with E-state index >= 15 is 0 Å². The predicted octanol–water partition coefficient (Wildman–Crippen LogP) is 4.32. The molecule has 2 bridgehead atoms. The Morgan fingerprint density at radius 1 is 1.41 bits per heavy atom. The summed E-state index contributed by atoms with van der Waals surface area (Å²) < 4.78 is 0. The van der Waals surface area contributed by atoms with Gasteiger partial charge in [0, 0.05) is 18.3 Å². The van der Waals surface area contributed by atoms with E-state index < -0.39 is 0 Å². The van der Waals surface area contributed by atoms with E-state index in [2.05, 4.69) is 4.98 Å². The maximum atomic E-state index is 6.30. The average Bonchev–Trinajstić information content (AvgIpc) is 2.93. The predicted molar refractivity (Wildman–Crippen MR) is 71.6 cm³/mol. The van der Waals surface area contributed by atoms with Gasteiger partial charge in [-0.2, -0.15) is 0 Å². The number of fused-ring (bicyclic) bond motifs is 2. The molecule has 2 fully saturated rings. The van der Waals surface area contributed by atoms with Crippen LogP contribution in [0.2, 0.25) is 5.02 Å². The Kier molecular flexibility index (Phi) is 3.08. The maximum Gasteiger partial charge on any atom is 0.0621 e. The quantitative estimate of drug-likeness (QED) is 0.745. The summed E-state index contributed by atoms with van der Waals surface area (Å²) >= 11 is 12.5. The summed E-state index contributed by atoms with van der Waals surface area (Å²) in [5, 5.41) is 0.791. The van der Waals surface area contributed by atoms with E-state index in [0.717, 1.165) is 29.2 Å². The normalized spacial score (nSPS) is 35.4. The van der Waals surface area contributed by atoms with Crippen molar-refractivity contribution in [3.63, 3.8) is 0 Å². The molecule has 0 amide bonds. The Hall–Kier alpha value is -0.270. The van der Waals surface area contributed by atoms with Gasteiger partial charge in [0.2, 0.25) is 0 Å². The summed E-state index contributed by atoms with van der Waals surface area (Å²) in [6.45, 7) is 0. The molecule has 3 heteroatoms. The lowest BCUT2D eigenvalue weighted by atomic mass is 9.71. The Labute approximate surface area is 113 Å². The van der Waals surface area contributed by atoms with Gasteiger partial charge in [-0.25, -0.2) is 0 Å². The number of halogens is 2. The Bertz CT molecular complexity index is 420. The third-order valence-electron chi connectivity index (χ3n) is 4.77. The highest BCUT2D eigenvalue weighted by atomic mass is 35.5. The molecular formula is C14H17Cl2N. The van der Waals surface area contributed by atoms with Crippen molar-refractivity contribution in [3.05, 3.63) is 29.0 Å². The van der Waals surface area contributed by atoms with Crippen LogP contribution in [0, 0.1) is 17.3 Å². The molecule has 0 aromatic carbocycles. The number of hydrogen-bond donors (Lipinski definition) is 0. The molecule has 0 N–H and O–H groups in total. The molecule has 2 aliphatic rings. The van der Waals surface area contributed by atoms with Gasteiger partial charge in [-0.1, -0.05) is 18.0 Å². The van der Waals surface area contributed by atoms with Crippen molar-refractivity contribution in [3.8, 4) is 0 Å². The maximum absolute atomic E-state index is 6.30. The van der Waals surface area contributed by atoms with E-state index in [1.54, 1.807) is 6.20 Å². The molecule has 1 nitrogen and oxygen atoms in total. The average molecular weight is 270 g/mol. The fourth-order valence-electron chi connectivity index (χ4n) is 3.91. The molecule has 2 saturated carbocycles. The summed E-state index contributed by atoms with van der Waals surface area (Å²) in [6, 6.07) is 2.04. The van der Waals surface area contributed by atoms with Crippen molar-refractivity contribution in [2.45, 2.75) is 32.1 Å². The van der Waals surface area contributed by atoms with Gasteiger partial charge in [0.1, 0.15) is 0 Å². The molecule has 3 rings (SSSR count). The highest BCUT2D eigenvalue weighted by Gasteiger charge is 2.50. The number of hydrogen-bond acceptors (Lipinski definition) is 1. The minimum atomic E-state index is 0.301. The Morgan fingerprint density at radius 2 is 2.29 bits per heavy atom. The summed E-state index contributed by atoms with van der Waals surface area (Å²) in [6.07, 6.45) is 10.0. The van der Waals surface area contributed by atoms with Crippen LogP contribution in [0.4, 0.5) is 0 Å². The van der Waals surface area contributed by atoms with Gasteiger partial charge >= 0.3 is 0 Å². The fourth-order valence-corrected chi connectivity index (χ4v) is 4.52. The van der Waals surface area contributed by atoms with Gasteiger partial charge in [-0.05, 0) is 54.6 Å². The first-order chi connectivity index (χ1) is 8.23. The third-order valence-corrected chi connectivity index (χ3v) is 5.64. The van der Waals surface area contributed by atoms with Gasteiger partial charge < -0.3 is 0 Å². The van der Waals surface area contributed by atoms with Crippen LogP contribution in [-0.2, 0) is 6.42 Å². The van der Waals surface area contributed by atoms with E-state index in [1.165, 1.54) is 31.2 Å². The van der Waals surface area contributed by atoms with Crippen molar-refractivity contribution < 1.29 is 0 Å². The van der Waals surface area contributed by atoms with E-state index in [9.17, 15) is 0 Å². The second-order valence-electron chi connectivity index (χ2n) is 5.72. The molecule has 0 aliphatic heterocycles. The summed E-state index contributed by atoms with van der Waals surface area (Å²) in [4.78, 5) is 4.05. The van der Waals surface area contributed by atoms with Gasteiger partial charge in [-0.15, -0.1) is 11.6 Å². The second kappa shape index (κ2) is 4.44. The van der Waals surface area contributed by atoms with Crippen molar-refractivity contribution in [1.82, 2.24) is 4.98 Å². The standard InChI is InChI=1S/C14H17Cl2N/c15-9-14(6-10-1-2-12(14)5-10)7-11-3-4-17-8-13(11)16/h3-4,8,10,12H,1-2,5-7,9H2. The molecule has 1 aromatic rings. The van der Waals surface area contributed by atoms with Crippen molar-refractivity contribution in [1.29, 1.82) is 0 Å². The number of pyridine rings is 1. The minimum absolute atomic E-state index is 0.301. The molecule has 1 aromatic heterocycles. The summed E-state index contributed by atoms with van der Waals surface area (Å²) in [5.74, 6) is 2.50. The molecule has 0 radical (unpaired) electrons. The van der Waals surface area contributed by atoms with Crippen LogP contribution in [0.1, 0.15) is 31.2 Å². The van der Waals surface area contributed by atoms with E-state index in [4.69, 9.17) is 23.2 Å². The Balaban J connectivity index is 1.86. The first kappa shape index (κ1) is 11.8. The zero-order valence-electron chi connectivity index (χ0n) is 9.83. The van der Waals surface area contributed by atoms with Gasteiger partial charge in [0.15, 0.2) is 0 Å². The fraction of sp³-hybridized carbons (Fsp3) is 0.643. The zero-order valence-corrected chi connectivity index (χ0v) is 11.3. The SMILES string of the molecule is ClCC1(Cc2ccncc2Cl)CC2CCC1C2. The molecule has 0 spiro atoms. The molecular weight excluding hydrogens is 253 g/mol. The van der Waals surface area contributed by atoms with Crippen LogP contribution in [0.3, 0.4) is 0 Å². The van der Waals surface area contributed by atoms with Crippen LogP contribution >= 0.6 is 23.2 Å². The lowest BCUT2D eigenvalue weighted by Crippen LogP contribution is -2.32. The van der Waals surface area contributed by atoms with Crippen molar-refractivity contribution in [2.75, 3.05) is 5.88 Å². The molecule has 92 valence electrons. The molecule has 1 heterocycles. The first-order valence-corrected chi connectivity index (χ1v) is 7.29. The van der Waals surface area contributed by atoms with Crippen LogP contribution < -0.4 is 0 Å². The third kappa shape index (κ3) is 1.98. The van der Waals surface area contributed by atoms with Gasteiger partial charge in [-0.3, -0.25) is 4.98 Å². The number of alkyl halides is 1. The lowest BCUT2D eigenvalue weighted by molar-refractivity contribution is 0.193. The van der Waals surface area contributed by atoms with Gasteiger partial charge in [0.05, 0.1) is 5.02 Å². The zero-order chi connectivity index (χ0) is 11.9. The summed E-state index contributed by atoms with van der Waals surface area (Å²) in [5.41, 5.74) is 1.52. The molecule has 3 unspecified atom stereocenters.